The van der Waals surface area contributed by atoms with Gasteiger partial charge >= 0.3 is 0 Å². The molecule has 3 nitrogen and oxygen atoms in total. The highest BCUT2D eigenvalue weighted by Crippen LogP contribution is 2.37. The second kappa shape index (κ2) is 4.30. The number of hydrogen-bond donors (Lipinski definition) is 2. The minimum Gasteiger partial charge on any atom is -0.351 e. The molecule has 1 rings (SSSR count). The van der Waals surface area contributed by atoms with Crippen LogP contribution in [0.2, 0.25) is 0 Å². The minimum absolute atomic E-state index is 0.00692. The topological polar surface area (TPSA) is 55.1 Å². The molecular formula is C11H22N2O. The molecule has 1 aliphatic rings. The number of carbonyl (C=O) groups is 1. The first kappa shape index (κ1) is 11.5. The maximum atomic E-state index is 11.6. The van der Waals surface area contributed by atoms with Gasteiger partial charge in [-0.1, -0.05) is 27.2 Å². The van der Waals surface area contributed by atoms with E-state index in [4.69, 9.17) is 5.73 Å². The minimum atomic E-state index is -0.341. The number of nitrogens with two attached hydrogens (primary N) is 1. The SMILES string of the molecule is CC[C@H](N)C(=O)NC1CCCC1(C)C. The summed E-state index contributed by atoms with van der Waals surface area (Å²) in [6.45, 7) is 6.36. The zero-order chi connectivity index (χ0) is 10.8. The Bertz CT molecular complexity index is 213. The van der Waals surface area contributed by atoms with Crippen molar-refractivity contribution in [3.05, 3.63) is 0 Å². The summed E-state index contributed by atoms with van der Waals surface area (Å²) in [5.41, 5.74) is 5.91. The number of nitrogens with one attached hydrogen (secondary N) is 1. The largest absolute Gasteiger partial charge is 0.351 e. The number of rotatable bonds is 3. The molecule has 3 heteroatoms. The van der Waals surface area contributed by atoms with E-state index >= 15 is 0 Å². The third-order valence-electron chi connectivity index (χ3n) is 3.35. The molecule has 0 saturated heterocycles. The second-order valence-corrected chi connectivity index (χ2v) is 4.96. The molecule has 1 saturated carbocycles. The fraction of sp³-hybridized carbons (Fsp3) is 0.909. The molecular weight excluding hydrogens is 176 g/mol. The summed E-state index contributed by atoms with van der Waals surface area (Å²) in [4.78, 5) is 11.6. The molecule has 0 heterocycles. The van der Waals surface area contributed by atoms with Crippen molar-refractivity contribution in [3.63, 3.8) is 0 Å². The molecule has 0 aromatic rings. The Morgan fingerprint density at radius 2 is 2.29 bits per heavy atom. The van der Waals surface area contributed by atoms with Crippen molar-refractivity contribution in [2.45, 2.75) is 58.5 Å². The predicted molar refractivity (Wildman–Crippen MR) is 57.8 cm³/mol. The average Bonchev–Trinajstić information content (AvgIpc) is 2.44. The molecule has 0 bridgehead atoms. The summed E-state index contributed by atoms with van der Waals surface area (Å²) < 4.78 is 0. The smallest absolute Gasteiger partial charge is 0.237 e. The Kier molecular flexibility index (Phi) is 3.53. The standard InChI is InChI=1S/C11H22N2O/c1-4-8(12)10(14)13-9-6-5-7-11(9,2)3/h8-9H,4-7,12H2,1-3H3,(H,13,14)/t8-,9?/m0/s1. The van der Waals surface area contributed by atoms with E-state index < -0.39 is 0 Å². The summed E-state index contributed by atoms with van der Waals surface area (Å²) >= 11 is 0. The summed E-state index contributed by atoms with van der Waals surface area (Å²) in [7, 11) is 0. The van der Waals surface area contributed by atoms with E-state index in [0.717, 1.165) is 6.42 Å². The lowest BCUT2D eigenvalue weighted by molar-refractivity contribution is -0.123. The molecule has 1 amide bonds. The highest BCUT2D eigenvalue weighted by Gasteiger charge is 2.35. The summed E-state index contributed by atoms with van der Waals surface area (Å²) in [6, 6.07) is -0.0287. The lowest BCUT2D eigenvalue weighted by atomic mass is 9.87. The van der Waals surface area contributed by atoms with Gasteiger partial charge in [0.05, 0.1) is 6.04 Å². The molecule has 14 heavy (non-hydrogen) atoms. The van der Waals surface area contributed by atoms with E-state index in [2.05, 4.69) is 19.2 Å². The first-order chi connectivity index (χ1) is 6.47. The fourth-order valence-corrected chi connectivity index (χ4v) is 2.06. The van der Waals surface area contributed by atoms with Gasteiger partial charge in [0, 0.05) is 6.04 Å². The predicted octanol–water partition coefficient (Wildman–Crippen LogP) is 1.42. The van der Waals surface area contributed by atoms with E-state index in [-0.39, 0.29) is 17.4 Å². The van der Waals surface area contributed by atoms with Crippen LogP contribution in [0.25, 0.3) is 0 Å². The van der Waals surface area contributed by atoms with Gasteiger partial charge in [-0.25, -0.2) is 0 Å². The van der Waals surface area contributed by atoms with Crippen molar-refractivity contribution in [1.82, 2.24) is 5.32 Å². The summed E-state index contributed by atoms with van der Waals surface area (Å²) in [5, 5.41) is 3.06. The van der Waals surface area contributed by atoms with Gasteiger partial charge in [0.2, 0.25) is 5.91 Å². The third kappa shape index (κ3) is 2.47. The molecule has 3 N–H and O–H groups in total. The Labute approximate surface area is 86.4 Å². The fourth-order valence-electron chi connectivity index (χ4n) is 2.06. The first-order valence-corrected chi connectivity index (χ1v) is 5.53. The molecule has 2 atom stereocenters. The third-order valence-corrected chi connectivity index (χ3v) is 3.35. The van der Waals surface area contributed by atoms with Crippen molar-refractivity contribution in [3.8, 4) is 0 Å². The maximum Gasteiger partial charge on any atom is 0.237 e. The van der Waals surface area contributed by atoms with Gasteiger partial charge in [0.1, 0.15) is 0 Å². The molecule has 1 fully saturated rings. The van der Waals surface area contributed by atoms with E-state index in [0.29, 0.717) is 12.5 Å². The van der Waals surface area contributed by atoms with Gasteiger partial charge in [-0.3, -0.25) is 4.79 Å². The molecule has 0 aliphatic heterocycles. The van der Waals surface area contributed by atoms with Gasteiger partial charge in [0.15, 0.2) is 0 Å². The highest BCUT2D eigenvalue weighted by atomic mass is 16.2. The highest BCUT2D eigenvalue weighted by molar-refractivity contribution is 5.81. The van der Waals surface area contributed by atoms with Crippen LogP contribution in [0.3, 0.4) is 0 Å². The normalized spacial score (nSPS) is 27.3. The van der Waals surface area contributed by atoms with Gasteiger partial charge in [-0.15, -0.1) is 0 Å². The van der Waals surface area contributed by atoms with Crippen molar-refractivity contribution in [2.24, 2.45) is 11.1 Å². The maximum absolute atomic E-state index is 11.6. The summed E-state index contributed by atoms with van der Waals surface area (Å²) in [5.74, 6) is 0.00692. The Balaban J connectivity index is 2.48. The quantitative estimate of drug-likeness (QED) is 0.720. The van der Waals surface area contributed by atoms with Crippen LogP contribution in [-0.4, -0.2) is 18.0 Å². The van der Waals surface area contributed by atoms with Crippen LogP contribution >= 0.6 is 0 Å². The van der Waals surface area contributed by atoms with Crippen LogP contribution in [0.4, 0.5) is 0 Å². The van der Waals surface area contributed by atoms with Crippen LogP contribution in [0.15, 0.2) is 0 Å². The van der Waals surface area contributed by atoms with Gasteiger partial charge in [0.25, 0.3) is 0 Å². The molecule has 82 valence electrons. The summed E-state index contributed by atoms with van der Waals surface area (Å²) in [6.07, 6.45) is 4.20. The van der Waals surface area contributed by atoms with Crippen molar-refractivity contribution in [1.29, 1.82) is 0 Å². The van der Waals surface area contributed by atoms with Crippen LogP contribution in [0, 0.1) is 5.41 Å². The van der Waals surface area contributed by atoms with Crippen LogP contribution in [0.5, 0.6) is 0 Å². The van der Waals surface area contributed by atoms with E-state index in [9.17, 15) is 4.79 Å². The van der Waals surface area contributed by atoms with Gasteiger partial charge in [-0.2, -0.15) is 0 Å². The molecule has 0 radical (unpaired) electrons. The zero-order valence-electron chi connectivity index (χ0n) is 9.47. The monoisotopic (exact) mass is 198 g/mol. The lowest BCUT2D eigenvalue weighted by Gasteiger charge is -2.28. The number of carbonyl (C=O) groups excluding carboxylic acids is 1. The second-order valence-electron chi connectivity index (χ2n) is 4.96. The van der Waals surface area contributed by atoms with Crippen molar-refractivity contribution >= 4 is 5.91 Å². The van der Waals surface area contributed by atoms with E-state index in [1.165, 1.54) is 12.8 Å². The van der Waals surface area contributed by atoms with E-state index in [1.807, 2.05) is 6.92 Å². The van der Waals surface area contributed by atoms with Gasteiger partial charge < -0.3 is 11.1 Å². The molecule has 0 aromatic carbocycles. The molecule has 1 aliphatic carbocycles. The van der Waals surface area contributed by atoms with E-state index in [1.54, 1.807) is 0 Å². The zero-order valence-corrected chi connectivity index (χ0v) is 9.47. The van der Waals surface area contributed by atoms with Crippen molar-refractivity contribution in [2.75, 3.05) is 0 Å². The lowest BCUT2D eigenvalue weighted by Crippen LogP contribution is -2.48. The first-order valence-electron chi connectivity index (χ1n) is 5.53. The number of hydrogen-bond acceptors (Lipinski definition) is 2. The van der Waals surface area contributed by atoms with Crippen LogP contribution in [0.1, 0.15) is 46.5 Å². The average molecular weight is 198 g/mol. The van der Waals surface area contributed by atoms with Crippen LogP contribution < -0.4 is 11.1 Å². The Morgan fingerprint density at radius 1 is 1.64 bits per heavy atom. The Hall–Kier alpha value is -0.570. The number of amides is 1. The van der Waals surface area contributed by atoms with Gasteiger partial charge in [-0.05, 0) is 24.7 Å². The van der Waals surface area contributed by atoms with Crippen molar-refractivity contribution < 1.29 is 4.79 Å². The van der Waals surface area contributed by atoms with Crippen LogP contribution in [-0.2, 0) is 4.79 Å². The molecule has 0 spiro atoms. The molecule has 1 unspecified atom stereocenters. The Morgan fingerprint density at radius 3 is 2.71 bits per heavy atom. The molecule has 0 aromatic heterocycles.